The maximum Gasteiger partial charge on any atom is 0.223 e. The van der Waals surface area contributed by atoms with E-state index >= 15 is 0 Å². The van der Waals surface area contributed by atoms with Gasteiger partial charge in [0.15, 0.2) is 5.82 Å². The number of rotatable bonds is 4. The smallest absolute Gasteiger partial charge is 0.223 e. The Morgan fingerprint density at radius 1 is 1.33 bits per heavy atom. The third-order valence-electron chi connectivity index (χ3n) is 4.20. The number of nitrogens with two attached hydrogens (primary N) is 1. The average Bonchev–Trinajstić information content (AvgIpc) is 3.04. The van der Waals surface area contributed by atoms with Gasteiger partial charge in [0.1, 0.15) is 0 Å². The number of aromatic nitrogens is 4. The summed E-state index contributed by atoms with van der Waals surface area (Å²) in [7, 11) is 0. The molecule has 2 aromatic rings. The monoisotopic (exact) mass is 352 g/mol. The highest BCUT2D eigenvalue weighted by Crippen LogP contribution is 2.23. The molecule has 0 radical (unpaired) electrons. The molecule has 4 N–H and O–H groups in total. The molecule has 1 aromatic carbocycles. The molecule has 1 aliphatic rings. The van der Waals surface area contributed by atoms with Gasteiger partial charge in [0.05, 0.1) is 18.3 Å². The summed E-state index contributed by atoms with van der Waals surface area (Å²) < 4.78 is 1.59. The Morgan fingerprint density at radius 2 is 2.08 bits per heavy atom. The van der Waals surface area contributed by atoms with E-state index in [4.69, 9.17) is 5.73 Å². The third kappa shape index (κ3) is 4.08. The van der Waals surface area contributed by atoms with Crippen molar-refractivity contribution in [1.29, 1.82) is 0 Å². The van der Waals surface area contributed by atoms with Crippen molar-refractivity contribution in [1.82, 2.24) is 25.5 Å². The summed E-state index contributed by atoms with van der Waals surface area (Å²) in [5, 5.41) is 24.2. The summed E-state index contributed by atoms with van der Waals surface area (Å²) >= 11 is 0. The molecule has 0 spiro atoms. The average molecular weight is 353 g/mol. The Balaban J connectivity index is 0.00000208. The number of nitrogens with one attached hydrogen (secondary N) is 1. The van der Waals surface area contributed by atoms with Crippen LogP contribution in [0.5, 0.6) is 0 Å². The molecular weight excluding hydrogens is 332 g/mol. The lowest BCUT2D eigenvalue weighted by molar-refractivity contribution is -0.127. The number of halogens is 1. The summed E-state index contributed by atoms with van der Waals surface area (Å²) in [5.41, 5.74) is 6.60. The van der Waals surface area contributed by atoms with Crippen molar-refractivity contribution in [3.63, 3.8) is 0 Å². The third-order valence-corrected chi connectivity index (χ3v) is 4.20. The molecule has 130 valence electrons. The Hall–Kier alpha value is -2.03. The Labute approximate surface area is 145 Å². The quantitative estimate of drug-likeness (QED) is 0.722. The maximum absolute atomic E-state index is 12.3. The number of hydrogen-bond acceptors (Lipinski definition) is 6. The van der Waals surface area contributed by atoms with Crippen LogP contribution in [0.1, 0.15) is 25.1 Å². The largest absolute Gasteiger partial charge is 0.391 e. The van der Waals surface area contributed by atoms with Crippen LogP contribution < -0.4 is 11.1 Å². The summed E-state index contributed by atoms with van der Waals surface area (Å²) in [6, 6.07) is 9.25. The van der Waals surface area contributed by atoms with Gasteiger partial charge in [0.2, 0.25) is 5.91 Å². The number of hydrogen-bond donors (Lipinski definition) is 3. The zero-order valence-corrected chi connectivity index (χ0v) is 13.9. The molecule has 3 rings (SSSR count). The van der Waals surface area contributed by atoms with Gasteiger partial charge in [-0.05, 0) is 41.8 Å². The van der Waals surface area contributed by atoms with Gasteiger partial charge in [-0.3, -0.25) is 4.79 Å². The SMILES string of the molecule is Cl.N[C@@H]1CC[C@H](C(=O)NCc2nnnn2-c2ccccc2)C[C@H]1O. The highest BCUT2D eigenvalue weighted by atomic mass is 35.5. The lowest BCUT2D eigenvalue weighted by Crippen LogP contribution is -2.44. The second-order valence-corrected chi connectivity index (χ2v) is 5.80. The second-order valence-electron chi connectivity index (χ2n) is 5.80. The molecule has 24 heavy (non-hydrogen) atoms. The van der Waals surface area contributed by atoms with Crippen molar-refractivity contribution in [3.8, 4) is 5.69 Å². The van der Waals surface area contributed by atoms with Crippen LogP contribution in [0.15, 0.2) is 30.3 Å². The molecule has 0 saturated heterocycles. The fourth-order valence-electron chi connectivity index (χ4n) is 2.80. The molecule has 1 aromatic heterocycles. The van der Waals surface area contributed by atoms with E-state index in [1.165, 1.54) is 0 Å². The number of carbonyl (C=O) groups excluding carboxylic acids is 1. The van der Waals surface area contributed by atoms with Crippen LogP contribution in [0.4, 0.5) is 0 Å². The highest BCUT2D eigenvalue weighted by molar-refractivity contribution is 5.85. The summed E-state index contributed by atoms with van der Waals surface area (Å²) in [5.74, 6) is 0.238. The molecule has 1 heterocycles. The minimum absolute atomic E-state index is 0. The van der Waals surface area contributed by atoms with Crippen LogP contribution in [-0.2, 0) is 11.3 Å². The lowest BCUT2D eigenvalue weighted by atomic mass is 9.84. The minimum Gasteiger partial charge on any atom is -0.391 e. The van der Waals surface area contributed by atoms with Crippen molar-refractivity contribution >= 4 is 18.3 Å². The topological polar surface area (TPSA) is 119 Å². The number of carbonyl (C=O) groups is 1. The summed E-state index contributed by atoms with van der Waals surface area (Å²) in [4.78, 5) is 12.3. The van der Waals surface area contributed by atoms with Crippen molar-refractivity contribution < 1.29 is 9.90 Å². The molecule has 1 amide bonds. The van der Waals surface area contributed by atoms with Gasteiger partial charge in [0.25, 0.3) is 0 Å². The molecular formula is C15H21ClN6O2. The number of aliphatic hydroxyl groups excluding tert-OH is 1. The van der Waals surface area contributed by atoms with E-state index in [0.717, 1.165) is 5.69 Å². The Bertz CT molecular complexity index is 665. The van der Waals surface area contributed by atoms with Crippen molar-refractivity contribution in [2.75, 3.05) is 0 Å². The normalized spacial score (nSPS) is 23.3. The standard InChI is InChI=1S/C15H20N6O2.ClH/c16-12-7-6-10(8-13(12)22)15(23)17-9-14-18-19-20-21(14)11-4-2-1-3-5-11;/h1-5,10,12-13,22H,6-9,16H2,(H,17,23);1H/t10-,12+,13+;/m0./s1. The van der Waals surface area contributed by atoms with Gasteiger partial charge in [-0.15, -0.1) is 17.5 Å². The van der Waals surface area contributed by atoms with Crippen molar-refractivity contribution in [3.05, 3.63) is 36.2 Å². The van der Waals surface area contributed by atoms with Gasteiger partial charge >= 0.3 is 0 Å². The molecule has 3 atom stereocenters. The summed E-state index contributed by atoms with van der Waals surface area (Å²) in [6.45, 7) is 0.235. The number of nitrogens with zero attached hydrogens (tertiary/aromatic N) is 4. The first kappa shape index (κ1) is 18.3. The van der Waals surface area contributed by atoms with E-state index in [1.807, 2.05) is 30.3 Å². The van der Waals surface area contributed by atoms with Gasteiger partial charge in [-0.1, -0.05) is 18.2 Å². The van der Waals surface area contributed by atoms with Crippen molar-refractivity contribution in [2.24, 2.45) is 11.7 Å². The lowest BCUT2D eigenvalue weighted by Gasteiger charge is -2.29. The molecule has 9 heteroatoms. The number of tetrazole rings is 1. The van der Waals surface area contributed by atoms with E-state index < -0.39 is 6.10 Å². The fraction of sp³-hybridized carbons (Fsp3) is 0.467. The van der Waals surface area contributed by atoms with Crippen LogP contribution in [0.3, 0.4) is 0 Å². The molecule has 1 fully saturated rings. The second kappa shape index (κ2) is 8.18. The van der Waals surface area contributed by atoms with Crippen LogP contribution in [-0.4, -0.2) is 43.4 Å². The predicted octanol–water partition coefficient (Wildman–Crippen LogP) is 0.189. The molecule has 0 bridgehead atoms. The van der Waals surface area contributed by atoms with E-state index in [0.29, 0.717) is 25.1 Å². The van der Waals surface area contributed by atoms with Crippen molar-refractivity contribution in [2.45, 2.75) is 38.0 Å². The molecule has 8 nitrogen and oxygen atoms in total. The zero-order chi connectivity index (χ0) is 16.2. The Kier molecular flexibility index (Phi) is 6.24. The first-order chi connectivity index (χ1) is 11.1. The van der Waals surface area contributed by atoms with E-state index in [2.05, 4.69) is 20.8 Å². The first-order valence-electron chi connectivity index (χ1n) is 7.69. The first-order valence-corrected chi connectivity index (χ1v) is 7.69. The number of amides is 1. The zero-order valence-electron chi connectivity index (χ0n) is 13.1. The van der Waals surface area contributed by atoms with Gasteiger partial charge in [0, 0.05) is 12.0 Å². The maximum atomic E-state index is 12.3. The van der Waals surface area contributed by atoms with E-state index in [1.54, 1.807) is 4.68 Å². The van der Waals surface area contributed by atoms with Gasteiger partial charge in [-0.25, -0.2) is 0 Å². The predicted molar refractivity (Wildman–Crippen MR) is 89.6 cm³/mol. The van der Waals surface area contributed by atoms with E-state index in [-0.39, 0.29) is 36.8 Å². The number of para-hydroxylation sites is 1. The molecule has 1 saturated carbocycles. The van der Waals surface area contributed by atoms with Crippen LogP contribution in [0.25, 0.3) is 5.69 Å². The number of benzene rings is 1. The number of aliphatic hydroxyl groups is 1. The van der Waals surface area contributed by atoms with Gasteiger partial charge in [-0.2, -0.15) is 4.68 Å². The molecule has 0 aliphatic heterocycles. The highest BCUT2D eigenvalue weighted by Gasteiger charge is 2.30. The summed E-state index contributed by atoms with van der Waals surface area (Å²) in [6.07, 6.45) is 1.12. The van der Waals surface area contributed by atoms with Crippen LogP contribution >= 0.6 is 12.4 Å². The van der Waals surface area contributed by atoms with Gasteiger partial charge < -0.3 is 16.2 Å². The fourth-order valence-corrected chi connectivity index (χ4v) is 2.80. The Morgan fingerprint density at radius 3 is 2.79 bits per heavy atom. The molecule has 0 unspecified atom stereocenters. The van der Waals surface area contributed by atoms with E-state index in [9.17, 15) is 9.90 Å². The molecule has 1 aliphatic carbocycles. The van der Waals surface area contributed by atoms with Crippen LogP contribution in [0.2, 0.25) is 0 Å². The van der Waals surface area contributed by atoms with Crippen LogP contribution in [0, 0.1) is 5.92 Å². The minimum atomic E-state index is -0.617.